The molecule has 7 aromatic rings. The Hall–Kier alpha value is -9.24. The maximum Gasteiger partial charge on any atom is 0.293 e. The van der Waals surface area contributed by atoms with E-state index < -0.39 is 61.1 Å². The number of allylic oxidation sites excluding steroid dienone is 1. The van der Waals surface area contributed by atoms with E-state index in [0.717, 1.165) is 86.6 Å². The number of unbranched alkanes of at least 4 members (excludes halogenated alkanes) is 4. The number of amides is 5. The molecular weight excluding hydrogens is 1150 g/mol. The molecule has 0 radical (unpaired) electrons. The van der Waals surface area contributed by atoms with Gasteiger partial charge >= 0.3 is 0 Å². The molecule has 0 bridgehead atoms. The summed E-state index contributed by atoms with van der Waals surface area (Å²) >= 11 is 6.27. The Kier molecular flexibility index (Phi) is 17.4. The van der Waals surface area contributed by atoms with Crippen molar-refractivity contribution in [3.05, 3.63) is 164 Å². The Bertz CT molecular complexity index is 4080. The third kappa shape index (κ3) is 13.6. The van der Waals surface area contributed by atoms with Crippen molar-refractivity contribution in [1.29, 1.82) is 0 Å². The second kappa shape index (κ2) is 25.4. The van der Waals surface area contributed by atoms with Gasteiger partial charge in [-0.2, -0.15) is 0 Å². The monoisotopic (exact) mass is 1210 g/mol. The number of fused-ring (bicyclic) bond motifs is 2. The van der Waals surface area contributed by atoms with Gasteiger partial charge in [0, 0.05) is 92.1 Å². The van der Waals surface area contributed by atoms with Gasteiger partial charge in [-0.25, -0.2) is 18.1 Å². The van der Waals surface area contributed by atoms with Gasteiger partial charge in [0.15, 0.2) is 0 Å². The molecule has 3 aliphatic heterocycles. The summed E-state index contributed by atoms with van der Waals surface area (Å²) in [7, 11) is -4.68. The molecule has 2 fully saturated rings. The number of hydrogen-bond acceptors (Lipinski definition) is 16. The number of sulfonamides is 1. The summed E-state index contributed by atoms with van der Waals surface area (Å²) in [6.45, 7) is 9.03. The number of hydrogen-bond donors (Lipinski definition) is 4. The van der Waals surface area contributed by atoms with E-state index >= 15 is 0 Å². The lowest BCUT2D eigenvalue weighted by molar-refractivity contribution is -0.384. The fourth-order valence-corrected chi connectivity index (χ4v) is 12.6. The Morgan fingerprint density at radius 1 is 0.931 bits per heavy atom. The van der Waals surface area contributed by atoms with Gasteiger partial charge < -0.3 is 19.9 Å². The van der Waals surface area contributed by atoms with E-state index in [4.69, 9.17) is 16.3 Å². The second-order valence-corrected chi connectivity index (χ2v) is 25.0. The number of nitrogens with zero attached hydrogens (tertiary/aromatic N) is 8. The van der Waals surface area contributed by atoms with E-state index in [2.05, 4.69) is 83.3 Å². The van der Waals surface area contributed by atoms with Crippen LogP contribution < -0.4 is 25.0 Å². The number of nitro groups is 1. The van der Waals surface area contributed by atoms with Crippen molar-refractivity contribution in [3.8, 4) is 23.3 Å². The summed E-state index contributed by atoms with van der Waals surface area (Å²) in [6, 6.07) is 23.8. The van der Waals surface area contributed by atoms with Crippen LogP contribution in [0.2, 0.25) is 5.02 Å². The van der Waals surface area contributed by atoms with Gasteiger partial charge in [-0.3, -0.25) is 53.9 Å². The maximum absolute atomic E-state index is 14.1. The average molecular weight is 1220 g/mol. The molecule has 1 atom stereocenters. The number of aryl methyl sites for hydroxylation is 1. The van der Waals surface area contributed by atoms with Gasteiger partial charge in [-0.15, -0.1) is 5.10 Å². The van der Waals surface area contributed by atoms with Crippen LogP contribution in [-0.4, -0.2) is 116 Å². The average Bonchev–Trinajstić information content (AvgIpc) is 1.98. The number of carbonyl (C=O) groups excluding carboxylic acids is 5. The van der Waals surface area contributed by atoms with Crippen LogP contribution in [0.15, 0.2) is 120 Å². The molecule has 4 N–H and O–H groups in total. The topological polar surface area (TPSA) is 277 Å². The minimum absolute atomic E-state index is 0.0202. The lowest BCUT2D eigenvalue weighted by Gasteiger charge is -2.39. The van der Waals surface area contributed by atoms with Crippen LogP contribution in [0.5, 0.6) is 11.5 Å². The van der Waals surface area contributed by atoms with E-state index in [0.29, 0.717) is 53.7 Å². The van der Waals surface area contributed by atoms with Crippen molar-refractivity contribution >= 4 is 84.8 Å². The number of aromatic amines is 1. The molecule has 5 amide bonds. The minimum atomic E-state index is -4.68. The number of halogens is 1. The number of imide groups is 2. The first-order valence-corrected chi connectivity index (χ1v) is 30.7. The number of pyridine rings is 1. The molecule has 2 saturated heterocycles. The number of nitro benzene ring substituents is 1. The van der Waals surface area contributed by atoms with E-state index in [1.807, 2.05) is 18.2 Å². The molecular formula is C63H63ClN12O10S. The Morgan fingerprint density at radius 3 is 2.53 bits per heavy atom. The number of benzene rings is 4. The lowest BCUT2D eigenvalue weighted by atomic mass is 9.72. The molecule has 6 heterocycles. The fourth-order valence-electron chi connectivity index (χ4n) is 11.5. The number of nitrogens with one attached hydrogen (secondary N) is 4. The summed E-state index contributed by atoms with van der Waals surface area (Å²) in [6.07, 6.45) is 11.9. The standard InChI is InChI=1S/C63H63ClN12O10S/c1-63(2)25-23-43(51(35-63)40-13-15-44(64)16-14-40)38-72-28-30-73(31-29-72)46-17-19-49(55(33-46)86-47-32-42-24-26-65-58(42)67-37-47)59(78)70-87(84,85)48-18-20-52(54(34-48)76(82)83)66-36-45-39-74(71-69-45)27-8-6-4-3-5-7-10-41-11-9-12-50-57(41)62(81)75(61(50)80)53-21-22-56(77)68-60(53)79/h9,11-20,24,26,32-34,37,39,53,66H,3-6,8,21-23,25,27-31,35-36,38H2,1-2H3,(H,65,67)(H,70,78)(H,68,77,79). The smallest absolute Gasteiger partial charge is 0.293 e. The number of aromatic nitrogens is 5. The number of piperazine rings is 1. The third-order valence-electron chi connectivity index (χ3n) is 16.2. The van der Waals surface area contributed by atoms with Crippen LogP contribution in [0.4, 0.5) is 17.1 Å². The first-order valence-electron chi connectivity index (χ1n) is 28.9. The quantitative estimate of drug-likeness (QED) is 0.0182. The predicted octanol–water partition coefficient (Wildman–Crippen LogP) is 9.43. The van der Waals surface area contributed by atoms with Crippen LogP contribution in [0.3, 0.4) is 0 Å². The van der Waals surface area contributed by atoms with Crippen LogP contribution in [0, 0.1) is 27.4 Å². The molecule has 24 heteroatoms. The second-order valence-electron chi connectivity index (χ2n) is 22.9. The van der Waals surface area contributed by atoms with Crippen molar-refractivity contribution in [2.75, 3.05) is 42.9 Å². The fraction of sp³-hybridized carbons (Fsp3) is 0.333. The zero-order chi connectivity index (χ0) is 61.0. The highest BCUT2D eigenvalue weighted by atomic mass is 35.5. The van der Waals surface area contributed by atoms with Gasteiger partial charge in [0.1, 0.15) is 34.6 Å². The first-order chi connectivity index (χ1) is 41.9. The number of ether oxygens (including phenoxy) is 1. The zero-order valence-corrected chi connectivity index (χ0v) is 49.5. The van der Waals surface area contributed by atoms with Crippen molar-refractivity contribution < 1.29 is 42.1 Å². The van der Waals surface area contributed by atoms with Crippen LogP contribution >= 0.6 is 11.6 Å². The molecule has 0 saturated carbocycles. The summed E-state index contributed by atoms with van der Waals surface area (Å²) in [5.41, 5.74) is 6.25. The molecule has 3 aromatic heterocycles. The van der Waals surface area contributed by atoms with E-state index in [1.54, 1.807) is 47.4 Å². The number of piperidine rings is 1. The Morgan fingerprint density at radius 2 is 1.74 bits per heavy atom. The van der Waals surface area contributed by atoms with E-state index in [9.17, 15) is 42.5 Å². The van der Waals surface area contributed by atoms with Gasteiger partial charge in [0.05, 0.1) is 45.4 Å². The molecule has 22 nitrogen and oxygen atoms in total. The number of H-pyrrole nitrogens is 1. The highest BCUT2D eigenvalue weighted by Crippen LogP contribution is 2.44. The zero-order valence-electron chi connectivity index (χ0n) is 47.9. The largest absolute Gasteiger partial charge is 0.455 e. The van der Waals surface area contributed by atoms with E-state index in [-0.39, 0.29) is 52.9 Å². The van der Waals surface area contributed by atoms with Gasteiger partial charge in [0.2, 0.25) is 11.8 Å². The van der Waals surface area contributed by atoms with Crippen molar-refractivity contribution in [3.63, 3.8) is 0 Å². The molecule has 1 unspecified atom stereocenters. The van der Waals surface area contributed by atoms with Gasteiger partial charge in [0.25, 0.3) is 33.4 Å². The van der Waals surface area contributed by atoms with Crippen molar-refractivity contribution in [1.82, 2.24) is 44.8 Å². The van der Waals surface area contributed by atoms with E-state index in [1.165, 1.54) is 47.2 Å². The van der Waals surface area contributed by atoms with Crippen LogP contribution in [0.25, 0.3) is 16.6 Å². The maximum atomic E-state index is 14.1. The Balaban J connectivity index is 0.684. The highest BCUT2D eigenvalue weighted by Gasteiger charge is 2.45. The summed E-state index contributed by atoms with van der Waals surface area (Å²) < 4.78 is 38.0. The van der Waals surface area contributed by atoms with Crippen LogP contribution in [0.1, 0.15) is 126 Å². The molecule has 87 heavy (non-hydrogen) atoms. The third-order valence-corrected chi connectivity index (χ3v) is 17.8. The number of carbonyl (C=O) groups is 5. The normalized spacial score (nSPS) is 17.0. The van der Waals surface area contributed by atoms with Crippen molar-refractivity contribution in [2.24, 2.45) is 5.41 Å². The number of rotatable bonds is 20. The molecule has 4 aromatic carbocycles. The molecule has 4 aliphatic rings. The number of anilines is 2. The SMILES string of the molecule is CC1(C)CCC(CN2CCN(c3ccc(C(=O)NS(=O)(=O)c4ccc(NCc5cn(CCCCCCC#Cc6cccc7c6C(=O)N(C6CCC(=O)NC6=O)C7=O)nn5)c([N+](=O)[O-])c4)c(Oc4cnc5[nH]ccc5c4)c3)CC2)=C(c2ccc(Cl)cc2)C1. The Labute approximate surface area is 506 Å². The van der Waals surface area contributed by atoms with Crippen LogP contribution in [-0.2, 0) is 32.7 Å². The first kappa shape index (κ1) is 59.5. The van der Waals surface area contributed by atoms with Gasteiger partial charge in [-0.05, 0) is 116 Å². The molecule has 11 rings (SSSR count). The summed E-state index contributed by atoms with van der Waals surface area (Å²) in [4.78, 5) is 89.1. The molecule has 0 spiro atoms. The van der Waals surface area contributed by atoms with Crippen molar-refractivity contribution in [2.45, 2.75) is 102 Å². The minimum Gasteiger partial charge on any atom is -0.455 e. The predicted molar refractivity (Wildman–Crippen MR) is 325 cm³/mol. The summed E-state index contributed by atoms with van der Waals surface area (Å²) in [5, 5.41) is 27.4. The highest BCUT2D eigenvalue weighted by molar-refractivity contribution is 7.90. The summed E-state index contributed by atoms with van der Waals surface area (Å²) in [5.74, 6) is 3.20. The molecule has 1 aliphatic carbocycles. The lowest BCUT2D eigenvalue weighted by Crippen LogP contribution is -2.54. The molecule has 448 valence electrons. The van der Waals surface area contributed by atoms with Gasteiger partial charge in [-0.1, -0.05) is 79.1 Å².